The maximum atomic E-state index is 13.0. The van der Waals surface area contributed by atoms with Crippen LogP contribution in [0, 0.1) is 20.8 Å². The van der Waals surface area contributed by atoms with E-state index in [1.54, 1.807) is 25.1 Å². The molecule has 29 heavy (non-hydrogen) atoms. The standard InChI is InChI=1S/C21H26N2O5S/c1-13-10-14(2)20(15(3)11-13)22-21(24)16(4)23(29(5,25)26)17-6-7-18-19(12-17)28-9-8-27-18/h6-7,10-12,16H,8-9H2,1-5H3,(H,22,24)/t16-/m1/s1. The van der Waals surface area contributed by atoms with Crippen LogP contribution in [0.1, 0.15) is 23.6 Å². The topological polar surface area (TPSA) is 84.9 Å². The molecule has 3 rings (SSSR count). The number of nitrogens with zero attached hydrogens (tertiary/aromatic N) is 1. The number of fused-ring (bicyclic) bond motifs is 1. The summed E-state index contributed by atoms with van der Waals surface area (Å²) in [6.07, 6.45) is 1.08. The predicted octanol–water partition coefficient (Wildman–Crippen LogP) is 3.18. The molecule has 2 aromatic carbocycles. The molecule has 1 aliphatic heterocycles. The van der Waals surface area contributed by atoms with E-state index in [0.717, 1.165) is 27.3 Å². The van der Waals surface area contributed by atoms with Crippen LogP contribution < -0.4 is 19.1 Å². The number of benzene rings is 2. The Morgan fingerprint density at radius 3 is 2.21 bits per heavy atom. The van der Waals surface area contributed by atoms with Crippen molar-refractivity contribution in [3.05, 3.63) is 47.0 Å². The molecular formula is C21H26N2O5S. The van der Waals surface area contributed by atoms with Gasteiger partial charge in [0.1, 0.15) is 19.3 Å². The summed E-state index contributed by atoms with van der Waals surface area (Å²) in [5, 5.41) is 2.89. The molecule has 0 aromatic heterocycles. The zero-order valence-electron chi connectivity index (χ0n) is 17.3. The minimum absolute atomic E-state index is 0.344. The molecule has 1 amide bonds. The second-order valence-electron chi connectivity index (χ2n) is 7.33. The zero-order valence-corrected chi connectivity index (χ0v) is 18.1. The van der Waals surface area contributed by atoms with Crippen molar-refractivity contribution in [2.45, 2.75) is 33.7 Å². The summed E-state index contributed by atoms with van der Waals surface area (Å²) >= 11 is 0. The van der Waals surface area contributed by atoms with Crippen LogP contribution in [0.5, 0.6) is 11.5 Å². The smallest absolute Gasteiger partial charge is 0.248 e. The number of anilines is 2. The van der Waals surface area contributed by atoms with E-state index in [2.05, 4.69) is 5.32 Å². The van der Waals surface area contributed by atoms with Gasteiger partial charge in [-0.25, -0.2) is 8.42 Å². The fourth-order valence-electron chi connectivity index (χ4n) is 3.58. The molecule has 0 fully saturated rings. The average Bonchev–Trinajstić information content (AvgIpc) is 2.63. The number of hydrogen-bond donors (Lipinski definition) is 1. The van der Waals surface area contributed by atoms with Crippen LogP contribution in [0.4, 0.5) is 11.4 Å². The van der Waals surface area contributed by atoms with Gasteiger partial charge in [0.15, 0.2) is 11.5 Å². The van der Waals surface area contributed by atoms with Crippen LogP contribution in [0.25, 0.3) is 0 Å². The van der Waals surface area contributed by atoms with Crippen molar-refractivity contribution in [1.29, 1.82) is 0 Å². The van der Waals surface area contributed by atoms with E-state index in [9.17, 15) is 13.2 Å². The highest BCUT2D eigenvalue weighted by Crippen LogP contribution is 2.35. The van der Waals surface area contributed by atoms with Gasteiger partial charge in [-0.05, 0) is 51.0 Å². The van der Waals surface area contributed by atoms with Gasteiger partial charge in [0.25, 0.3) is 0 Å². The van der Waals surface area contributed by atoms with Gasteiger partial charge in [0, 0.05) is 11.8 Å². The van der Waals surface area contributed by atoms with E-state index < -0.39 is 22.0 Å². The highest BCUT2D eigenvalue weighted by Gasteiger charge is 2.30. The van der Waals surface area contributed by atoms with Crippen molar-refractivity contribution in [1.82, 2.24) is 0 Å². The van der Waals surface area contributed by atoms with Gasteiger partial charge in [0.05, 0.1) is 11.9 Å². The van der Waals surface area contributed by atoms with Crippen LogP contribution in [-0.4, -0.2) is 39.8 Å². The molecule has 0 unspecified atom stereocenters. The Bertz CT molecular complexity index is 1030. The van der Waals surface area contributed by atoms with Crippen LogP contribution >= 0.6 is 0 Å². The summed E-state index contributed by atoms with van der Waals surface area (Å²) in [6, 6.07) is 7.83. The first-order valence-electron chi connectivity index (χ1n) is 9.35. The van der Waals surface area contributed by atoms with Gasteiger partial charge in [-0.3, -0.25) is 9.10 Å². The van der Waals surface area contributed by atoms with Crippen LogP contribution in [0.3, 0.4) is 0 Å². The SMILES string of the molecule is Cc1cc(C)c(NC(=O)[C@@H](C)N(c2ccc3c(c2)OCCO3)S(C)(=O)=O)c(C)c1. The van der Waals surface area contributed by atoms with Crippen LogP contribution in [-0.2, 0) is 14.8 Å². The fourth-order valence-corrected chi connectivity index (χ4v) is 4.75. The van der Waals surface area contributed by atoms with Crippen molar-refractivity contribution in [2.75, 3.05) is 29.1 Å². The van der Waals surface area contributed by atoms with Crippen molar-refractivity contribution >= 4 is 27.3 Å². The Morgan fingerprint density at radius 2 is 1.62 bits per heavy atom. The number of ether oxygens (including phenoxy) is 2. The van der Waals surface area contributed by atoms with E-state index in [1.807, 2.05) is 32.9 Å². The zero-order chi connectivity index (χ0) is 21.3. The summed E-state index contributed by atoms with van der Waals surface area (Å²) in [6.45, 7) is 8.20. The minimum atomic E-state index is -3.73. The van der Waals surface area contributed by atoms with Crippen LogP contribution in [0.2, 0.25) is 0 Å². The number of amides is 1. The monoisotopic (exact) mass is 418 g/mol. The van der Waals surface area contributed by atoms with E-state index in [-0.39, 0.29) is 0 Å². The number of aryl methyl sites for hydroxylation is 3. The van der Waals surface area contributed by atoms with Gasteiger partial charge in [-0.2, -0.15) is 0 Å². The largest absolute Gasteiger partial charge is 0.486 e. The molecule has 0 saturated carbocycles. The molecule has 8 heteroatoms. The van der Waals surface area contributed by atoms with E-state index in [4.69, 9.17) is 9.47 Å². The van der Waals surface area contributed by atoms with Crippen molar-refractivity contribution < 1.29 is 22.7 Å². The Kier molecular flexibility index (Phi) is 5.75. The molecule has 1 atom stereocenters. The lowest BCUT2D eigenvalue weighted by Crippen LogP contribution is -2.45. The molecule has 0 aliphatic carbocycles. The number of carbonyl (C=O) groups is 1. The Balaban J connectivity index is 1.93. The number of rotatable bonds is 5. The number of nitrogens with one attached hydrogen (secondary N) is 1. The number of sulfonamides is 1. The summed E-state index contributed by atoms with van der Waals surface area (Å²) in [5.74, 6) is 0.594. The molecule has 0 radical (unpaired) electrons. The summed E-state index contributed by atoms with van der Waals surface area (Å²) < 4.78 is 37.3. The molecule has 156 valence electrons. The van der Waals surface area contributed by atoms with Gasteiger partial charge in [-0.1, -0.05) is 17.7 Å². The molecular weight excluding hydrogens is 392 g/mol. The Morgan fingerprint density at radius 1 is 1.03 bits per heavy atom. The second kappa shape index (κ2) is 7.94. The minimum Gasteiger partial charge on any atom is -0.486 e. The lowest BCUT2D eigenvalue weighted by atomic mass is 10.0. The number of hydrogen-bond acceptors (Lipinski definition) is 5. The third kappa shape index (κ3) is 4.48. The molecule has 0 bridgehead atoms. The lowest BCUT2D eigenvalue weighted by Gasteiger charge is -2.29. The molecule has 0 spiro atoms. The van der Waals surface area contributed by atoms with Crippen LogP contribution in [0.15, 0.2) is 30.3 Å². The maximum absolute atomic E-state index is 13.0. The van der Waals surface area contributed by atoms with Gasteiger partial charge < -0.3 is 14.8 Å². The normalized spacial score (nSPS) is 14.2. The Hall–Kier alpha value is -2.74. The molecule has 1 aliphatic rings. The highest BCUT2D eigenvalue weighted by molar-refractivity contribution is 7.92. The summed E-state index contributed by atoms with van der Waals surface area (Å²) in [4.78, 5) is 13.0. The quantitative estimate of drug-likeness (QED) is 0.806. The first kappa shape index (κ1) is 21.0. The highest BCUT2D eigenvalue weighted by atomic mass is 32.2. The van der Waals surface area contributed by atoms with Gasteiger partial charge in [-0.15, -0.1) is 0 Å². The third-order valence-corrected chi connectivity index (χ3v) is 6.04. The van der Waals surface area contributed by atoms with Gasteiger partial charge >= 0.3 is 0 Å². The summed E-state index contributed by atoms with van der Waals surface area (Å²) in [7, 11) is -3.73. The maximum Gasteiger partial charge on any atom is 0.248 e. The molecule has 0 saturated heterocycles. The van der Waals surface area contributed by atoms with Crippen molar-refractivity contribution in [3.63, 3.8) is 0 Å². The van der Waals surface area contributed by atoms with E-state index >= 15 is 0 Å². The molecule has 1 heterocycles. The van der Waals surface area contributed by atoms with E-state index in [0.29, 0.717) is 36.1 Å². The second-order valence-corrected chi connectivity index (χ2v) is 9.19. The fraction of sp³-hybridized carbons (Fsp3) is 0.381. The van der Waals surface area contributed by atoms with Gasteiger partial charge in [0.2, 0.25) is 15.9 Å². The summed E-state index contributed by atoms with van der Waals surface area (Å²) in [5.41, 5.74) is 3.99. The number of carbonyl (C=O) groups excluding carboxylic acids is 1. The molecule has 1 N–H and O–H groups in total. The Labute approximate surface area is 171 Å². The molecule has 2 aromatic rings. The lowest BCUT2D eigenvalue weighted by molar-refractivity contribution is -0.116. The molecule has 7 nitrogen and oxygen atoms in total. The van der Waals surface area contributed by atoms with E-state index in [1.165, 1.54) is 0 Å². The first-order chi connectivity index (χ1) is 13.6. The predicted molar refractivity (Wildman–Crippen MR) is 113 cm³/mol. The first-order valence-corrected chi connectivity index (χ1v) is 11.2. The third-order valence-electron chi connectivity index (χ3n) is 4.79. The van der Waals surface area contributed by atoms with Crippen molar-refractivity contribution in [2.24, 2.45) is 0 Å². The van der Waals surface area contributed by atoms with Crippen molar-refractivity contribution in [3.8, 4) is 11.5 Å². The average molecular weight is 419 g/mol.